The minimum Gasteiger partial charge on any atom is -0.550 e. The number of thioether (sulfide) groups is 1. The molecule has 3 aromatic rings. The van der Waals surface area contributed by atoms with Crippen molar-refractivity contribution >= 4 is 46.3 Å². The summed E-state index contributed by atoms with van der Waals surface area (Å²) in [6.07, 6.45) is 3.06. The molecule has 4 rings (SSSR count). The van der Waals surface area contributed by atoms with Crippen molar-refractivity contribution in [3.8, 4) is 22.7 Å². The largest absolute Gasteiger partial charge is 0.550 e. The van der Waals surface area contributed by atoms with Crippen LogP contribution in [0.25, 0.3) is 23.0 Å². The Morgan fingerprint density at radius 2 is 2.03 bits per heavy atom. The van der Waals surface area contributed by atoms with Crippen molar-refractivity contribution in [3.05, 3.63) is 71.0 Å². The highest BCUT2D eigenvalue weighted by atomic mass is 32.2. The van der Waals surface area contributed by atoms with Crippen molar-refractivity contribution in [2.24, 2.45) is 0 Å². The highest BCUT2D eigenvalue weighted by Gasteiger charge is 2.32. The maximum atomic E-state index is 14.6. The minimum absolute atomic E-state index is 0.0649. The number of aromatic nitrogens is 2. The number of aliphatic carboxylic acids is 1. The van der Waals surface area contributed by atoms with Crippen molar-refractivity contribution in [3.63, 3.8) is 0 Å². The molecule has 34 heavy (non-hydrogen) atoms. The Kier molecular flexibility index (Phi) is 7.09. The molecule has 0 bridgehead atoms. The van der Waals surface area contributed by atoms with Gasteiger partial charge in [0.15, 0.2) is 11.6 Å². The Morgan fingerprint density at radius 1 is 1.26 bits per heavy atom. The average molecular weight is 497 g/mol. The molecule has 0 aliphatic carbocycles. The van der Waals surface area contributed by atoms with E-state index in [1.807, 2.05) is 30.3 Å². The maximum absolute atomic E-state index is 14.6. The standard InChI is InChI=1S/C24H20FN3O4S2/c1-2-32-19-9-8-15(12-18(19)25)22-16(14-28(26-22)17-6-4-3-5-7-17)13-20-23(31)27(24(33)34-20)11-10-21(29)30/h3-9,12-14H,2,10-11H2,1H3,(H,29,30)/p-1/b20-13-. The molecule has 2 heterocycles. The maximum Gasteiger partial charge on any atom is 0.266 e. The molecule has 0 saturated carbocycles. The third-order valence-corrected chi connectivity index (χ3v) is 6.35. The number of ether oxygens (including phenoxy) is 1. The number of nitrogens with zero attached hydrogens (tertiary/aromatic N) is 3. The van der Waals surface area contributed by atoms with E-state index in [1.165, 1.54) is 11.0 Å². The van der Waals surface area contributed by atoms with Gasteiger partial charge in [0.05, 0.1) is 17.2 Å². The number of carbonyl (C=O) groups is 2. The van der Waals surface area contributed by atoms with Crippen LogP contribution in [0.15, 0.2) is 59.6 Å². The van der Waals surface area contributed by atoms with Gasteiger partial charge in [-0.25, -0.2) is 9.07 Å². The van der Waals surface area contributed by atoms with Gasteiger partial charge in [-0.15, -0.1) is 0 Å². The first-order chi connectivity index (χ1) is 16.4. The Labute approximate surface area is 204 Å². The lowest BCUT2D eigenvalue weighted by molar-refractivity contribution is -0.305. The Hall–Kier alpha value is -3.50. The smallest absolute Gasteiger partial charge is 0.266 e. The number of carbonyl (C=O) groups excluding carboxylic acids is 2. The highest BCUT2D eigenvalue weighted by molar-refractivity contribution is 8.26. The van der Waals surface area contributed by atoms with Crippen molar-refractivity contribution < 1.29 is 23.8 Å². The second kappa shape index (κ2) is 10.2. The van der Waals surface area contributed by atoms with Gasteiger partial charge in [-0.05, 0) is 43.3 Å². The summed E-state index contributed by atoms with van der Waals surface area (Å²) in [5, 5.41) is 15.5. The normalized spacial score (nSPS) is 14.8. The van der Waals surface area contributed by atoms with Crippen LogP contribution >= 0.6 is 24.0 Å². The molecule has 1 fully saturated rings. The van der Waals surface area contributed by atoms with Crippen LogP contribution in [0.4, 0.5) is 4.39 Å². The first-order valence-corrected chi connectivity index (χ1v) is 11.6. The molecule has 0 atom stereocenters. The van der Waals surface area contributed by atoms with E-state index in [0.29, 0.717) is 28.3 Å². The Morgan fingerprint density at radius 3 is 2.71 bits per heavy atom. The summed E-state index contributed by atoms with van der Waals surface area (Å²) in [5.74, 6) is -2.04. The molecule has 0 radical (unpaired) electrons. The number of carboxylic acids is 1. The molecule has 1 aliphatic heterocycles. The van der Waals surface area contributed by atoms with E-state index in [-0.39, 0.29) is 23.0 Å². The molecule has 1 aliphatic rings. The first-order valence-electron chi connectivity index (χ1n) is 10.4. The van der Waals surface area contributed by atoms with Gasteiger partial charge >= 0.3 is 0 Å². The zero-order valence-electron chi connectivity index (χ0n) is 18.1. The fourth-order valence-corrected chi connectivity index (χ4v) is 4.69. The number of amides is 1. The Balaban J connectivity index is 1.75. The van der Waals surface area contributed by atoms with Gasteiger partial charge in [0.1, 0.15) is 10.0 Å². The molecule has 1 aromatic heterocycles. The molecule has 0 spiro atoms. The summed E-state index contributed by atoms with van der Waals surface area (Å²) in [5.41, 5.74) is 2.34. The zero-order valence-corrected chi connectivity index (χ0v) is 19.7. The second-order valence-electron chi connectivity index (χ2n) is 7.25. The monoisotopic (exact) mass is 496 g/mol. The van der Waals surface area contributed by atoms with Crippen LogP contribution in [0, 0.1) is 5.82 Å². The number of hydrogen-bond donors (Lipinski definition) is 0. The predicted molar refractivity (Wildman–Crippen MR) is 130 cm³/mol. The number of thiocarbonyl (C=S) groups is 1. The molecule has 0 N–H and O–H groups in total. The van der Waals surface area contributed by atoms with Crippen LogP contribution in [0.3, 0.4) is 0 Å². The SMILES string of the molecule is CCOc1ccc(-c2nn(-c3ccccc3)cc2/C=C2\SC(=S)N(CCC(=O)[O-])C2=O)cc1F. The van der Waals surface area contributed by atoms with Crippen molar-refractivity contribution in [2.75, 3.05) is 13.2 Å². The molecule has 174 valence electrons. The third-order valence-electron chi connectivity index (χ3n) is 4.97. The predicted octanol–water partition coefficient (Wildman–Crippen LogP) is 3.42. The topological polar surface area (TPSA) is 87.5 Å². The summed E-state index contributed by atoms with van der Waals surface area (Å²) >= 11 is 6.33. The van der Waals surface area contributed by atoms with Gasteiger partial charge in [0.2, 0.25) is 0 Å². The summed E-state index contributed by atoms with van der Waals surface area (Å²) in [4.78, 5) is 25.2. The number of hydrogen-bond acceptors (Lipinski definition) is 7. The van der Waals surface area contributed by atoms with Gasteiger partial charge in [-0.3, -0.25) is 9.69 Å². The zero-order chi connectivity index (χ0) is 24.2. The van der Waals surface area contributed by atoms with Gasteiger partial charge in [0, 0.05) is 36.3 Å². The lowest BCUT2D eigenvalue weighted by Crippen LogP contribution is -2.33. The van der Waals surface area contributed by atoms with Crippen LogP contribution in [-0.2, 0) is 9.59 Å². The highest BCUT2D eigenvalue weighted by Crippen LogP contribution is 2.35. The van der Waals surface area contributed by atoms with Crippen molar-refractivity contribution in [1.29, 1.82) is 0 Å². The van der Waals surface area contributed by atoms with E-state index in [4.69, 9.17) is 17.0 Å². The van der Waals surface area contributed by atoms with E-state index >= 15 is 0 Å². The molecular weight excluding hydrogens is 477 g/mol. The number of para-hydroxylation sites is 1. The summed E-state index contributed by atoms with van der Waals surface area (Å²) < 4.78 is 21.8. The number of benzene rings is 2. The van der Waals surface area contributed by atoms with Crippen LogP contribution in [0.5, 0.6) is 5.75 Å². The number of halogens is 1. The van der Waals surface area contributed by atoms with Crippen LogP contribution in [0.1, 0.15) is 18.9 Å². The summed E-state index contributed by atoms with van der Waals surface area (Å²) in [6, 6.07) is 14.0. The van der Waals surface area contributed by atoms with Gasteiger partial charge in [-0.2, -0.15) is 5.10 Å². The fourth-order valence-electron chi connectivity index (χ4n) is 3.39. The lowest BCUT2D eigenvalue weighted by atomic mass is 10.1. The first kappa shape index (κ1) is 23.7. The number of carboxylic acid groups (broad SMARTS) is 1. The van der Waals surface area contributed by atoms with Crippen molar-refractivity contribution in [1.82, 2.24) is 14.7 Å². The second-order valence-corrected chi connectivity index (χ2v) is 8.92. The molecule has 1 saturated heterocycles. The van der Waals surface area contributed by atoms with E-state index in [1.54, 1.807) is 36.0 Å². The van der Waals surface area contributed by atoms with Crippen LogP contribution in [0.2, 0.25) is 0 Å². The van der Waals surface area contributed by atoms with Gasteiger partial charge < -0.3 is 14.6 Å². The van der Waals surface area contributed by atoms with Crippen molar-refractivity contribution in [2.45, 2.75) is 13.3 Å². The van der Waals surface area contributed by atoms with E-state index in [2.05, 4.69) is 5.10 Å². The molecular formula is C24H19FN3O4S2-. The van der Waals surface area contributed by atoms with Crippen LogP contribution in [-0.4, -0.2) is 44.0 Å². The van der Waals surface area contributed by atoms with E-state index in [9.17, 15) is 19.1 Å². The molecule has 2 aromatic carbocycles. The van der Waals surface area contributed by atoms with Gasteiger partial charge in [0.25, 0.3) is 5.91 Å². The summed E-state index contributed by atoms with van der Waals surface area (Å²) in [6.45, 7) is 2.05. The molecule has 7 nitrogen and oxygen atoms in total. The molecule has 0 unspecified atom stereocenters. The number of rotatable bonds is 8. The third kappa shape index (κ3) is 5.02. The van der Waals surface area contributed by atoms with Gasteiger partial charge in [-0.1, -0.05) is 42.2 Å². The molecule has 1 amide bonds. The average Bonchev–Trinajstić information content (AvgIpc) is 3.35. The Bertz CT molecular complexity index is 1290. The quantitative estimate of drug-likeness (QED) is 0.349. The fraction of sp³-hybridized carbons (Fsp3) is 0.167. The minimum atomic E-state index is -1.26. The molecule has 10 heteroatoms. The van der Waals surface area contributed by atoms with Crippen LogP contribution < -0.4 is 9.84 Å². The van der Waals surface area contributed by atoms with E-state index < -0.39 is 17.7 Å². The van der Waals surface area contributed by atoms with E-state index in [0.717, 1.165) is 17.4 Å². The lowest BCUT2D eigenvalue weighted by Gasteiger charge is -2.14. The summed E-state index contributed by atoms with van der Waals surface area (Å²) in [7, 11) is 0.